The first kappa shape index (κ1) is 19.9. The Morgan fingerprint density at radius 3 is 2.91 bits per heavy atom. The van der Waals surface area contributed by atoms with Crippen molar-refractivity contribution in [1.29, 1.82) is 0 Å². The SMILES string of the molecule is Cl.Cl.Cn1ccnc1C1CNCCN1C(=O)CCc1cscn1. The average Bonchev–Trinajstić information content (AvgIpc) is 3.16. The monoisotopic (exact) mass is 377 g/mol. The second-order valence-electron chi connectivity index (χ2n) is 5.18. The van der Waals surface area contributed by atoms with Crippen molar-refractivity contribution in [2.45, 2.75) is 18.9 Å². The quantitative estimate of drug-likeness (QED) is 0.882. The number of rotatable bonds is 4. The van der Waals surface area contributed by atoms with Crippen LogP contribution in [-0.4, -0.2) is 45.0 Å². The molecule has 0 bridgehead atoms. The Kier molecular flexibility index (Phi) is 7.98. The maximum absolute atomic E-state index is 12.5. The predicted molar refractivity (Wildman–Crippen MR) is 95.5 cm³/mol. The number of nitrogens with one attached hydrogen (secondary N) is 1. The van der Waals surface area contributed by atoms with Gasteiger partial charge in [0.15, 0.2) is 0 Å². The smallest absolute Gasteiger partial charge is 0.223 e. The van der Waals surface area contributed by atoms with Gasteiger partial charge in [0.25, 0.3) is 0 Å². The number of nitrogens with zero attached hydrogens (tertiary/aromatic N) is 4. The second kappa shape index (κ2) is 9.22. The van der Waals surface area contributed by atoms with Gasteiger partial charge in [-0.05, 0) is 6.42 Å². The molecule has 3 heterocycles. The van der Waals surface area contributed by atoms with Crippen LogP contribution in [-0.2, 0) is 18.3 Å². The first-order chi connectivity index (χ1) is 10.3. The van der Waals surface area contributed by atoms with Crippen molar-refractivity contribution in [1.82, 2.24) is 24.8 Å². The highest BCUT2D eigenvalue weighted by Crippen LogP contribution is 2.21. The Bertz CT molecular complexity index is 604. The van der Waals surface area contributed by atoms with E-state index in [1.807, 2.05) is 28.1 Å². The maximum atomic E-state index is 12.5. The van der Waals surface area contributed by atoms with Crippen LogP contribution in [0.3, 0.4) is 0 Å². The molecule has 0 aliphatic carbocycles. The molecule has 23 heavy (non-hydrogen) atoms. The van der Waals surface area contributed by atoms with Crippen LogP contribution in [0.15, 0.2) is 23.3 Å². The summed E-state index contributed by atoms with van der Waals surface area (Å²) in [5.74, 6) is 1.11. The number of aryl methyl sites for hydroxylation is 2. The van der Waals surface area contributed by atoms with Gasteiger partial charge in [-0.3, -0.25) is 4.79 Å². The van der Waals surface area contributed by atoms with Gasteiger partial charge in [-0.15, -0.1) is 36.2 Å². The van der Waals surface area contributed by atoms with E-state index in [0.717, 1.165) is 31.2 Å². The van der Waals surface area contributed by atoms with E-state index in [2.05, 4.69) is 15.3 Å². The van der Waals surface area contributed by atoms with Gasteiger partial charge in [-0.2, -0.15) is 0 Å². The van der Waals surface area contributed by atoms with E-state index in [9.17, 15) is 4.79 Å². The van der Waals surface area contributed by atoms with E-state index >= 15 is 0 Å². The van der Waals surface area contributed by atoms with E-state index < -0.39 is 0 Å². The highest BCUT2D eigenvalue weighted by Gasteiger charge is 2.29. The first-order valence-electron chi connectivity index (χ1n) is 7.10. The highest BCUT2D eigenvalue weighted by molar-refractivity contribution is 7.07. The number of imidazole rings is 1. The molecule has 9 heteroatoms. The molecular weight excluding hydrogens is 357 g/mol. The van der Waals surface area contributed by atoms with E-state index in [1.165, 1.54) is 0 Å². The van der Waals surface area contributed by atoms with Crippen molar-refractivity contribution in [3.63, 3.8) is 0 Å². The third kappa shape index (κ3) is 4.67. The molecule has 1 fully saturated rings. The van der Waals surface area contributed by atoms with Crippen molar-refractivity contribution in [3.8, 4) is 0 Å². The number of amides is 1. The van der Waals surface area contributed by atoms with Crippen LogP contribution in [0.25, 0.3) is 0 Å². The van der Waals surface area contributed by atoms with Gasteiger partial charge in [0.2, 0.25) is 5.91 Å². The van der Waals surface area contributed by atoms with Gasteiger partial charge in [-0.25, -0.2) is 9.97 Å². The molecule has 0 spiro atoms. The van der Waals surface area contributed by atoms with E-state index in [0.29, 0.717) is 12.8 Å². The van der Waals surface area contributed by atoms with Crippen LogP contribution in [0.1, 0.15) is 24.0 Å². The fourth-order valence-electron chi connectivity index (χ4n) is 2.67. The summed E-state index contributed by atoms with van der Waals surface area (Å²) in [4.78, 5) is 23.1. The van der Waals surface area contributed by atoms with E-state index in [1.54, 1.807) is 23.0 Å². The number of piperazine rings is 1. The zero-order valence-corrected chi connectivity index (χ0v) is 15.3. The lowest BCUT2D eigenvalue weighted by molar-refractivity contribution is -0.134. The first-order valence-corrected chi connectivity index (χ1v) is 8.04. The van der Waals surface area contributed by atoms with Gasteiger partial charge < -0.3 is 14.8 Å². The van der Waals surface area contributed by atoms with E-state index in [-0.39, 0.29) is 36.8 Å². The summed E-state index contributed by atoms with van der Waals surface area (Å²) in [5.41, 5.74) is 2.80. The van der Waals surface area contributed by atoms with Gasteiger partial charge in [-0.1, -0.05) is 0 Å². The largest absolute Gasteiger partial charge is 0.336 e. The van der Waals surface area contributed by atoms with Gasteiger partial charge in [0.1, 0.15) is 11.9 Å². The molecule has 1 saturated heterocycles. The third-order valence-corrected chi connectivity index (χ3v) is 4.43. The molecule has 1 atom stereocenters. The summed E-state index contributed by atoms with van der Waals surface area (Å²) < 4.78 is 1.98. The topological polar surface area (TPSA) is 63.1 Å². The Hall–Kier alpha value is -1.15. The van der Waals surface area contributed by atoms with Crippen molar-refractivity contribution < 1.29 is 4.79 Å². The average molecular weight is 378 g/mol. The van der Waals surface area contributed by atoms with Crippen LogP contribution in [0.2, 0.25) is 0 Å². The van der Waals surface area contributed by atoms with Crippen LogP contribution < -0.4 is 5.32 Å². The van der Waals surface area contributed by atoms with E-state index in [4.69, 9.17) is 0 Å². The number of hydrogen-bond donors (Lipinski definition) is 1. The lowest BCUT2D eigenvalue weighted by Crippen LogP contribution is -2.49. The summed E-state index contributed by atoms with van der Waals surface area (Å²) in [6, 6.07) is 0.0154. The molecule has 1 aliphatic rings. The molecule has 1 amide bonds. The van der Waals surface area contributed by atoms with Crippen molar-refractivity contribution >= 4 is 42.1 Å². The summed E-state index contributed by atoms with van der Waals surface area (Å²) in [5, 5.41) is 5.35. The standard InChI is InChI=1S/C14H19N5OS.2ClH/c1-18-6-5-16-14(18)12-8-15-4-7-19(12)13(20)3-2-11-9-21-10-17-11;;/h5-6,9-10,12,15H,2-4,7-8H2,1H3;2*1H. The molecule has 6 nitrogen and oxygen atoms in total. The minimum absolute atomic E-state index is 0. The molecule has 0 radical (unpaired) electrons. The number of thiazole rings is 1. The van der Waals surface area contributed by atoms with Gasteiger partial charge in [0.05, 0.1) is 11.2 Å². The molecule has 3 rings (SSSR count). The molecule has 1 N–H and O–H groups in total. The lowest BCUT2D eigenvalue weighted by atomic mass is 10.1. The highest BCUT2D eigenvalue weighted by atomic mass is 35.5. The molecule has 0 aromatic carbocycles. The van der Waals surface area contributed by atoms with Crippen LogP contribution >= 0.6 is 36.2 Å². The normalized spacial score (nSPS) is 17.3. The minimum atomic E-state index is 0. The number of aromatic nitrogens is 3. The summed E-state index contributed by atoms with van der Waals surface area (Å²) in [6.45, 7) is 2.32. The molecule has 128 valence electrons. The molecule has 1 aliphatic heterocycles. The summed E-state index contributed by atoms with van der Waals surface area (Å²) >= 11 is 1.57. The number of halogens is 2. The predicted octanol–water partition coefficient (Wildman–Crippen LogP) is 1.83. The number of carbonyl (C=O) groups excluding carboxylic acids is 1. The number of carbonyl (C=O) groups is 1. The third-order valence-electron chi connectivity index (χ3n) is 3.80. The molecule has 2 aromatic heterocycles. The maximum Gasteiger partial charge on any atom is 0.223 e. The van der Waals surface area contributed by atoms with Crippen molar-refractivity contribution in [2.24, 2.45) is 7.05 Å². The fourth-order valence-corrected chi connectivity index (χ4v) is 3.26. The molecular formula is C14H21Cl2N5OS. The van der Waals surface area contributed by atoms with Crippen molar-refractivity contribution in [3.05, 3.63) is 34.8 Å². The van der Waals surface area contributed by atoms with Crippen molar-refractivity contribution in [2.75, 3.05) is 19.6 Å². The Morgan fingerprint density at radius 2 is 2.26 bits per heavy atom. The number of hydrogen-bond acceptors (Lipinski definition) is 5. The van der Waals surface area contributed by atoms with Gasteiger partial charge >= 0.3 is 0 Å². The Morgan fingerprint density at radius 1 is 1.43 bits per heavy atom. The zero-order chi connectivity index (χ0) is 14.7. The summed E-state index contributed by atoms with van der Waals surface area (Å²) in [7, 11) is 1.97. The summed E-state index contributed by atoms with van der Waals surface area (Å²) in [6.07, 6.45) is 4.91. The molecule has 2 aromatic rings. The Balaban J connectivity index is 0.00000132. The van der Waals surface area contributed by atoms with Crippen LogP contribution in [0.5, 0.6) is 0 Å². The fraction of sp³-hybridized carbons (Fsp3) is 0.500. The van der Waals surface area contributed by atoms with Gasteiger partial charge in [0, 0.05) is 50.9 Å². The second-order valence-corrected chi connectivity index (χ2v) is 5.90. The lowest BCUT2D eigenvalue weighted by Gasteiger charge is -2.35. The Labute approximate surface area is 152 Å². The van der Waals surface area contributed by atoms with Crippen LogP contribution in [0.4, 0.5) is 0 Å². The van der Waals surface area contributed by atoms with Crippen LogP contribution in [0, 0.1) is 0 Å². The molecule has 1 unspecified atom stereocenters. The minimum Gasteiger partial charge on any atom is -0.336 e. The zero-order valence-electron chi connectivity index (χ0n) is 12.8. The molecule has 0 saturated carbocycles.